The summed E-state index contributed by atoms with van der Waals surface area (Å²) >= 11 is 0. The van der Waals surface area contributed by atoms with Gasteiger partial charge in [-0.05, 0) is 6.92 Å². The van der Waals surface area contributed by atoms with E-state index in [0.717, 1.165) is 43.2 Å². The Bertz CT molecular complexity index is 504. The minimum atomic E-state index is 0.550. The molecule has 1 saturated heterocycles. The lowest BCUT2D eigenvalue weighted by Crippen LogP contribution is -2.36. The first-order valence-electron chi connectivity index (χ1n) is 5.26. The highest BCUT2D eigenvalue weighted by molar-refractivity contribution is 5.87. The fourth-order valence-corrected chi connectivity index (χ4v) is 1.92. The summed E-state index contributed by atoms with van der Waals surface area (Å²) in [6, 6.07) is 0. The second-order valence-electron chi connectivity index (χ2n) is 3.74. The summed E-state index contributed by atoms with van der Waals surface area (Å²) in [4.78, 5) is 10.6. The molecule has 16 heavy (non-hydrogen) atoms. The monoisotopic (exact) mass is 220 g/mol. The number of ether oxygens (including phenoxy) is 1. The van der Waals surface area contributed by atoms with Gasteiger partial charge in [-0.2, -0.15) is 4.98 Å². The Kier molecular flexibility index (Phi) is 2.21. The lowest BCUT2D eigenvalue weighted by Gasteiger charge is -2.27. The van der Waals surface area contributed by atoms with Crippen molar-refractivity contribution in [2.24, 2.45) is 0 Å². The predicted octanol–water partition coefficient (Wildman–Crippen LogP) is 0.763. The number of anilines is 1. The summed E-state index contributed by atoms with van der Waals surface area (Å²) in [5.74, 6) is 0.895. The van der Waals surface area contributed by atoms with E-state index in [1.807, 2.05) is 6.92 Å². The van der Waals surface area contributed by atoms with Crippen molar-refractivity contribution in [3.63, 3.8) is 0 Å². The van der Waals surface area contributed by atoms with E-state index in [1.165, 1.54) is 6.33 Å². The van der Waals surface area contributed by atoms with E-state index >= 15 is 0 Å². The topological polar surface area (TPSA) is 64.3 Å². The van der Waals surface area contributed by atoms with Crippen molar-refractivity contribution >= 4 is 16.9 Å². The van der Waals surface area contributed by atoms with E-state index in [-0.39, 0.29) is 0 Å². The molecule has 0 atom stereocenters. The van der Waals surface area contributed by atoms with Crippen molar-refractivity contribution in [2.75, 3.05) is 31.2 Å². The Morgan fingerprint density at radius 1 is 1.25 bits per heavy atom. The molecule has 0 aromatic carbocycles. The Balaban J connectivity index is 2.10. The molecule has 1 aliphatic heterocycles. The van der Waals surface area contributed by atoms with Crippen LogP contribution in [0.25, 0.3) is 11.1 Å². The lowest BCUT2D eigenvalue weighted by atomic mass is 10.2. The molecule has 0 N–H and O–H groups in total. The van der Waals surface area contributed by atoms with Crippen LogP contribution in [0.4, 0.5) is 5.82 Å². The highest BCUT2D eigenvalue weighted by Gasteiger charge is 2.19. The molecule has 0 saturated carbocycles. The number of morpholine rings is 1. The summed E-state index contributed by atoms with van der Waals surface area (Å²) < 4.78 is 10.4. The SMILES string of the molecule is Cc1noc2ncnc(N3CCOCC3)c12. The maximum atomic E-state index is 5.32. The van der Waals surface area contributed by atoms with Gasteiger partial charge in [-0.15, -0.1) is 0 Å². The maximum Gasteiger partial charge on any atom is 0.263 e. The van der Waals surface area contributed by atoms with Crippen LogP contribution in [0.5, 0.6) is 0 Å². The van der Waals surface area contributed by atoms with Crippen LogP contribution >= 0.6 is 0 Å². The summed E-state index contributed by atoms with van der Waals surface area (Å²) in [6.07, 6.45) is 1.51. The molecular formula is C10H12N4O2. The summed E-state index contributed by atoms with van der Waals surface area (Å²) in [5.41, 5.74) is 1.38. The maximum absolute atomic E-state index is 5.32. The Morgan fingerprint density at radius 2 is 2.06 bits per heavy atom. The van der Waals surface area contributed by atoms with Crippen molar-refractivity contribution in [2.45, 2.75) is 6.92 Å². The van der Waals surface area contributed by atoms with E-state index in [9.17, 15) is 0 Å². The van der Waals surface area contributed by atoms with Gasteiger partial charge in [0.05, 0.1) is 18.9 Å². The first-order valence-corrected chi connectivity index (χ1v) is 5.26. The van der Waals surface area contributed by atoms with Crippen molar-refractivity contribution in [1.29, 1.82) is 0 Å². The van der Waals surface area contributed by atoms with Crippen molar-refractivity contribution in [3.8, 4) is 0 Å². The number of nitrogens with zero attached hydrogens (tertiary/aromatic N) is 4. The molecule has 3 heterocycles. The second-order valence-corrected chi connectivity index (χ2v) is 3.74. The van der Waals surface area contributed by atoms with Gasteiger partial charge in [-0.25, -0.2) is 4.98 Å². The number of aryl methyl sites for hydroxylation is 1. The van der Waals surface area contributed by atoms with E-state index in [2.05, 4.69) is 20.0 Å². The van der Waals surface area contributed by atoms with Crippen molar-refractivity contribution < 1.29 is 9.26 Å². The zero-order valence-electron chi connectivity index (χ0n) is 9.01. The van der Waals surface area contributed by atoms with E-state index in [1.54, 1.807) is 0 Å². The third-order valence-electron chi connectivity index (χ3n) is 2.73. The van der Waals surface area contributed by atoms with Crippen LogP contribution in [0.3, 0.4) is 0 Å². The molecule has 84 valence electrons. The summed E-state index contributed by atoms with van der Waals surface area (Å²) in [5, 5.41) is 4.82. The molecule has 2 aromatic heterocycles. The minimum absolute atomic E-state index is 0.550. The molecule has 1 aliphatic rings. The van der Waals surface area contributed by atoms with Crippen LogP contribution in [0.15, 0.2) is 10.9 Å². The predicted molar refractivity (Wildman–Crippen MR) is 57.4 cm³/mol. The number of aromatic nitrogens is 3. The van der Waals surface area contributed by atoms with Gasteiger partial charge in [0.1, 0.15) is 17.5 Å². The summed E-state index contributed by atoms with van der Waals surface area (Å²) in [6.45, 7) is 5.05. The van der Waals surface area contributed by atoms with E-state index in [0.29, 0.717) is 5.71 Å². The third kappa shape index (κ3) is 1.42. The van der Waals surface area contributed by atoms with Crippen molar-refractivity contribution in [3.05, 3.63) is 12.0 Å². The quantitative estimate of drug-likeness (QED) is 0.707. The van der Waals surface area contributed by atoms with Gasteiger partial charge >= 0.3 is 0 Å². The minimum Gasteiger partial charge on any atom is -0.378 e. The molecule has 0 spiro atoms. The van der Waals surface area contributed by atoms with Crippen LogP contribution in [-0.2, 0) is 4.74 Å². The fourth-order valence-electron chi connectivity index (χ4n) is 1.92. The first-order chi connectivity index (χ1) is 7.86. The van der Waals surface area contributed by atoms with Crippen LogP contribution in [0, 0.1) is 6.92 Å². The van der Waals surface area contributed by atoms with Gasteiger partial charge in [-0.1, -0.05) is 5.16 Å². The molecule has 0 bridgehead atoms. The molecule has 1 fully saturated rings. The number of fused-ring (bicyclic) bond motifs is 1. The fraction of sp³-hybridized carbons (Fsp3) is 0.500. The van der Waals surface area contributed by atoms with Gasteiger partial charge in [0.2, 0.25) is 0 Å². The largest absolute Gasteiger partial charge is 0.378 e. The Labute approximate surface area is 92.2 Å². The second kappa shape index (κ2) is 3.71. The Hall–Kier alpha value is -1.69. The number of rotatable bonds is 1. The standard InChI is InChI=1S/C10H12N4O2/c1-7-8-9(14-2-4-15-5-3-14)11-6-12-10(8)16-13-7/h6H,2-5H2,1H3. The average molecular weight is 220 g/mol. The highest BCUT2D eigenvalue weighted by Crippen LogP contribution is 2.25. The van der Waals surface area contributed by atoms with Gasteiger partial charge < -0.3 is 14.2 Å². The molecular weight excluding hydrogens is 208 g/mol. The third-order valence-corrected chi connectivity index (χ3v) is 2.73. The molecule has 0 amide bonds. The smallest absolute Gasteiger partial charge is 0.263 e. The van der Waals surface area contributed by atoms with Gasteiger partial charge in [0, 0.05) is 13.1 Å². The van der Waals surface area contributed by atoms with E-state index in [4.69, 9.17) is 9.26 Å². The molecule has 3 rings (SSSR count). The lowest BCUT2D eigenvalue weighted by molar-refractivity contribution is 0.122. The molecule has 0 unspecified atom stereocenters. The Morgan fingerprint density at radius 3 is 2.88 bits per heavy atom. The van der Waals surface area contributed by atoms with Crippen molar-refractivity contribution in [1.82, 2.24) is 15.1 Å². The number of hydrogen-bond donors (Lipinski definition) is 0. The molecule has 0 radical (unpaired) electrons. The highest BCUT2D eigenvalue weighted by atomic mass is 16.5. The van der Waals surface area contributed by atoms with Gasteiger partial charge in [0.15, 0.2) is 0 Å². The summed E-state index contributed by atoms with van der Waals surface area (Å²) in [7, 11) is 0. The molecule has 6 heteroatoms. The van der Waals surface area contributed by atoms with Gasteiger partial charge in [-0.3, -0.25) is 0 Å². The zero-order chi connectivity index (χ0) is 11.0. The normalized spacial score (nSPS) is 16.9. The number of hydrogen-bond acceptors (Lipinski definition) is 6. The molecule has 0 aliphatic carbocycles. The van der Waals surface area contributed by atoms with Gasteiger partial charge in [0.25, 0.3) is 5.71 Å². The van der Waals surface area contributed by atoms with Crippen LogP contribution in [0.2, 0.25) is 0 Å². The molecule has 2 aromatic rings. The van der Waals surface area contributed by atoms with Crippen LogP contribution in [0.1, 0.15) is 5.69 Å². The van der Waals surface area contributed by atoms with E-state index < -0.39 is 0 Å². The first kappa shape index (κ1) is 9.53. The molecule has 6 nitrogen and oxygen atoms in total. The van der Waals surface area contributed by atoms with Crippen LogP contribution in [-0.4, -0.2) is 41.4 Å². The average Bonchev–Trinajstić information content (AvgIpc) is 2.73. The van der Waals surface area contributed by atoms with Crippen LogP contribution < -0.4 is 4.90 Å². The zero-order valence-corrected chi connectivity index (χ0v) is 9.01.